The molecule has 0 aliphatic heterocycles. The fourth-order valence-corrected chi connectivity index (χ4v) is 2.57. The van der Waals surface area contributed by atoms with Gasteiger partial charge < -0.3 is 19.9 Å². The van der Waals surface area contributed by atoms with E-state index in [1.807, 2.05) is 12.1 Å². The summed E-state index contributed by atoms with van der Waals surface area (Å²) in [5, 5.41) is 4.59. The third-order valence-corrected chi connectivity index (χ3v) is 3.86. The van der Waals surface area contributed by atoms with Gasteiger partial charge in [-0.3, -0.25) is 0 Å². The van der Waals surface area contributed by atoms with Crippen molar-refractivity contribution >= 4 is 35.4 Å². The number of halogens is 2. The van der Waals surface area contributed by atoms with Gasteiger partial charge in [-0.15, -0.1) is 0 Å². The van der Waals surface area contributed by atoms with Crippen molar-refractivity contribution in [1.29, 1.82) is 0 Å². The molecule has 0 radical (unpaired) electrons. The number of amides is 2. The zero-order chi connectivity index (χ0) is 19.6. The predicted molar refractivity (Wildman–Crippen MR) is 105 cm³/mol. The molecule has 0 aromatic heterocycles. The second kappa shape index (κ2) is 10.5. The van der Waals surface area contributed by atoms with E-state index in [1.165, 1.54) is 13.3 Å². The molecule has 7 nitrogen and oxygen atoms in total. The number of hydrogen-bond donors (Lipinski definition) is 2. The normalized spacial score (nSPS) is 10.6. The molecule has 0 spiro atoms. The Kier molecular flexibility index (Phi) is 8.03. The van der Waals surface area contributed by atoms with Crippen molar-refractivity contribution in [3.63, 3.8) is 0 Å². The molecular formula is C18H19Cl2N3O4. The summed E-state index contributed by atoms with van der Waals surface area (Å²) in [5.41, 5.74) is 7.65. The van der Waals surface area contributed by atoms with Crippen LogP contribution in [0.15, 0.2) is 41.5 Å². The van der Waals surface area contributed by atoms with Crippen LogP contribution < -0.4 is 25.4 Å². The predicted octanol–water partition coefficient (Wildman–Crippen LogP) is 3.85. The average Bonchev–Trinajstić information content (AvgIpc) is 2.63. The van der Waals surface area contributed by atoms with Crippen molar-refractivity contribution in [3.05, 3.63) is 52.0 Å². The molecule has 27 heavy (non-hydrogen) atoms. The number of methoxy groups -OCH3 is 1. The summed E-state index contributed by atoms with van der Waals surface area (Å²) in [6.07, 6.45) is 2.01. The number of ether oxygens (including phenoxy) is 3. The van der Waals surface area contributed by atoms with Crippen molar-refractivity contribution in [3.8, 4) is 17.2 Å². The lowest BCUT2D eigenvalue weighted by Crippen LogP contribution is -2.24. The Morgan fingerprint density at radius 2 is 1.89 bits per heavy atom. The zero-order valence-corrected chi connectivity index (χ0v) is 16.1. The van der Waals surface area contributed by atoms with E-state index in [2.05, 4.69) is 10.5 Å². The minimum absolute atomic E-state index is 0.349. The molecule has 2 aromatic rings. The van der Waals surface area contributed by atoms with Crippen LogP contribution in [0.3, 0.4) is 0 Å². The number of carbonyl (C=O) groups excluding carboxylic acids is 1. The molecule has 0 fully saturated rings. The summed E-state index contributed by atoms with van der Waals surface area (Å²) in [4.78, 5) is 10.6. The zero-order valence-electron chi connectivity index (χ0n) is 14.6. The second-order valence-corrected chi connectivity index (χ2v) is 6.06. The SMILES string of the molecule is COc1cc(/C=N\NC(N)=O)cc(Cl)c1OCCCOc1ccccc1Cl. The quantitative estimate of drug-likeness (QED) is 0.372. The fourth-order valence-electron chi connectivity index (χ4n) is 2.10. The maximum atomic E-state index is 10.6. The molecule has 0 aliphatic carbocycles. The Morgan fingerprint density at radius 1 is 1.15 bits per heavy atom. The van der Waals surface area contributed by atoms with Crippen LogP contribution in [0.5, 0.6) is 17.2 Å². The van der Waals surface area contributed by atoms with Crippen LogP contribution >= 0.6 is 23.2 Å². The van der Waals surface area contributed by atoms with E-state index in [0.29, 0.717) is 52.5 Å². The van der Waals surface area contributed by atoms with Crippen molar-refractivity contribution in [2.45, 2.75) is 6.42 Å². The molecule has 2 amide bonds. The van der Waals surface area contributed by atoms with Gasteiger partial charge in [-0.25, -0.2) is 10.2 Å². The van der Waals surface area contributed by atoms with E-state index in [9.17, 15) is 4.79 Å². The van der Waals surface area contributed by atoms with Gasteiger partial charge in [-0.05, 0) is 29.8 Å². The molecule has 0 bridgehead atoms. The Balaban J connectivity index is 1.90. The van der Waals surface area contributed by atoms with E-state index < -0.39 is 6.03 Å². The highest BCUT2D eigenvalue weighted by Crippen LogP contribution is 2.36. The Labute approximate surface area is 167 Å². The van der Waals surface area contributed by atoms with Gasteiger partial charge in [0.1, 0.15) is 5.75 Å². The molecule has 2 aromatic carbocycles. The highest BCUT2D eigenvalue weighted by molar-refractivity contribution is 6.32. The van der Waals surface area contributed by atoms with Crippen LogP contribution in [0.25, 0.3) is 0 Å². The number of primary amides is 1. The number of nitrogens with zero attached hydrogens (tertiary/aromatic N) is 1. The molecule has 9 heteroatoms. The van der Waals surface area contributed by atoms with Crippen LogP contribution in [-0.4, -0.2) is 32.6 Å². The van der Waals surface area contributed by atoms with E-state index >= 15 is 0 Å². The summed E-state index contributed by atoms with van der Waals surface area (Å²) in [6, 6.07) is 9.80. The maximum Gasteiger partial charge on any atom is 0.332 e. The molecule has 3 N–H and O–H groups in total. The van der Waals surface area contributed by atoms with Crippen LogP contribution in [0, 0.1) is 0 Å². The van der Waals surface area contributed by atoms with Gasteiger partial charge in [-0.1, -0.05) is 35.3 Å². The lowest BCUT2D eigenvalue weighted by atomic mass is 10.2. The van der Waals surface area contributed by atoms with Gasteiger partial charge in [0, 0.05) is 6.42 Å². The topological polar surface area (TPSA) is 95.2 Å². The minimum atomic E-state index is -0.761. The van der Waals surface area contributed by atoms with E-state index in [0.717, 1.165) is 0 Å². The van der Waals surface area contributed by atoms with Crippen LogP contribution in [0.4, 0.5) is 4.79 Å². The van der Waals surface area contributed by atoms with Crippen LogP contribution in [0.1, 0.15) is 12.0 Å². The molecule has 0 saturated carbocycles. The Morgan fingerprint density at radius 3 is 2.59 bits per heavy atom. The minimum Gasteiger partial charge on any atom is -0.493 e. The molecule has 0 unspecified atom stereocenters. The van der Waals surface area contributed by atoms with E-state index in [-0.39, 0.29) is 0 Å². The van der Waals surface area contributed by atoms with Crippen molar-refractivity contribution in [2.75, 3.05) is 20.3 Å². The first-order valence-electron chi connectivity index (χ1n) is 7.97. The molecule has 0 aliphatic rings. The number of para-hydroxylation sites is 1. The van der Waals surface area contributed by atoms with Gasteiger partial charge in [0.05, 0.1) is 36.6 Å². The van der Waals surface area contributed by atoms with Crippen LogP contribution in [-0.2, 0) is 0 Å². The summed E-state index contributed by atoms with van der Waals surface area (Å²) in [5.74, 6) is 1.48. The second-order valence-electron chi connectivity index (χ2n) is 5.25. The number of rotatable bonds is 9. The van der Waals surface area contributed by atoms with Gasteiger partial charge in [0.2, 0.25) is 0 Å². The number of nitrogens with one attached hydrogen (secondary N) is 1. The highest BCUT2D eigenvalue weighted by Gasteiger charge is 2.11. The van der Waals surface area contributed by atoms with Crippen molar-refractivity contribution < 1.29 is 19.0 Å². The van der Waals surface area contributed by atoms with Gasteiger partial charge in [0.15, 0.2) is 11.5 Å². The first-order valence-corrected chi connectivity index (χ1v) is 8.73. The Bertz CT molecular complexity index is 815. The van der Waals surface area contributed by atoms with E-state index in [4.69, 9.17) is 43.1 Å². The number of urea groups is 1. The first-order chi connectivity index (χ1) is 13.0. The first kappa shape index (κ1) is 20.7. The lowest BCUT2D eigenvalue weighted by Gasteiger charge is -2.13. The number of benzene rings is 2. The molecule has 0 heterocycles. The largest absolute Gasteiger partial charge is 0.493 e. The lowest BCUT2D eigenvalue weighted by molar-refractivity contribution is 0.240. The average molecular weight is 412 g/mol. The number of hydrazone groups is 1. The molecule has 2 rings (SSSR count). The smallest absolute Gasteiger partial charge is 0.332 e. The fraction of sp³-hybridized carbons (Fsp3) is 0.222. The van der Waals surface area contributed by atoms with Gasteiger partial charge in [0.25, 0.3) is 0 Å². The third kappa shape index (κ3) is 6.54. The van der Waals surface area contributed by atoms with Crippen molar-refractivity contribution in [2.24, 2.45) is 10.8 Å². The standard InChI is InChI=1S/C18H19Cl2N3O4/c1-25-16-10-12(11-22-23-18(21)24)9-14(20)17(16)27-8-4-7-26-15-6-3-2-5-13(15)19/h2-3,5-6,9-11H,4,7-8H2,1H3,(H3,21,23,24)/b22-11-. The molecule has 144 valence electrons. The number of carbonyl (C=O) groups is 1. The number of nitrogens with two attached hydrogens (primary N) is 1. The van der Waals surface area contributed by atoms with Gasteiger partial charge >= 0.3 is 6.03 Å². The maximum absolute atomic E-state index is 10.6. The van der Waals surface area contributed by atoms with Crippen LogP contribution in [0.2, 0.25) is 10.0 Å². The van der Waals surface area contributed by atoms with Gasteiger partial charge in [-0.2, -0.15) is 5.10 Å². The summed E-state index contributed by atoms with van der Waals surface area (Å²) in [7, 11) is 1.50. The monoisotopic (exact) mass is 411 g/mol. The highest BCUT2D eigenvalue weighted by atomic mass is 35.5. The number of hydrogen-bond acceptors (Lipinski definition) is 5. The summed E-state index contributed by atoms with van der Waals surface area (Å²) >= 11 is 12.3. The molecule has 0 saturated heterocycles. The molecular weight excluding hydrogens is 393 g/mol. The third-order valence-electron chi connectivity index (χ3n) is 3.27. The Hall–Kier alpha value is -2.64. The summed E-state index contributed by atoms with van der Waals surface area (Å²) in [6.45, 7) is 0.810. The molecule has 0 atom stereocenters. The summed E-state index contributed by atoms with van der Waals surface area (Å²) < 4.78 is 16.6. The van der Waals surface area contributed by atoms with E-state index in [1.54, 1.807) is 24.3 Å². The van der Waals surface area contributed by atoms with Crippen molar-refractivity contribution in [1.82, 2.24) is 5.43 Å².